The number of aryl methyl sites for hydroxylation is 1. The summed E-state index contributed by atoms with van der Waals surface area (Å²) in [5.74, 6) is 2.87. The van der Waals surface area contributed by atoms with E-state index in [1.807, 2.05) is 18.2 Å². The maximum absolute atomic E-state index is 13.9. The molecule has 7 nitrogen and oxygen atoms in total. The average Bonchev–Trinajstić information content (AvgIpc) is 3.61. The van der Waals surface area contributed by atoms with E-state index in [1.165, 1.54) is 16.5 Å². The zero-order chi connectivity index (χ0) is 25.7. The van der Waals surface area contributed by atoms with Crippen LogP contribution in [0.2, 0.25) is 0 Å². The summed E-state index contributed by atoms with van der Waals surface area (Å²) in [7, 11) is 6.52. The molecule has 1 heterocycles. The molecule has 6 rings (SSSR count). The molecule has 3 aliphatic rings. The summed E-state index contributed by atoms with van der Waals surface area (Å²) < 4.78 is 22.3. The number of carbonyl (C=O) groups excluding carboxylic acids is 1. The number of anilines is 1. The van der Waals surface area contributed by atoms with Crippen LogP contribution in [0.5, 0.6) is 23.0 Å². The van der Waals surface area contributed by atoms with Crippen molar-refractivity contribution in [3.8, 4) is 23.0 Å². The Labute approximate surface area is 216 Å². The van der Waals surface area contributed by atoms with Crippen LogP contribution in [0.3, 0.4) is 0 Å². The molecule has 0 atom stereocenters. The Hall–Kier alpha value is -3.74. The molecule has 0 bridgehead atoms. The molecule has 1 spiro atoms. The second kappa shape index (κ2) is 8.98. The number of rotatable bonds is 5. The largest absolute Gasteiger partial charge is 0.493 e. The highest BCUT2D eigenvalue weighted by molar-refractivity contribution is 6.50. The van der Waals surface area contributed by atoms with E-state index in [-0.39, 0.29) is 5.78 Å². The third-order valence-electron chi connectivity index (χ3n) is 8.22. The van der Waals surface area contributed by atoms with Gasteiger partial charge in [0.1, 0.15) is 0 Å². The smallest absolute Gasteiger partial charge is 0.228 e. The van der Waals surface area contributed by atoms with Gasteiger partial charge in [-0.2, -0.15) is 0 Å². The predicted octanol–water partition coefficient (Wildman–Crippen LogP) is 5.84. The average molecular weight is 501 g/mol. The molecule has 7 heteroatoms. The number of fused-ring (bicyclic) bond motifs is 5. The lowest BCUT2D eigenvalue weighted by Gasteiger charge is -2.33. The molecule has 192 valence electrons. The Morgan fingerprint density at radius 3 is 2.08 bits per heavy atom. The van der Waals surface area contributed by atoms with Crippen molar-refractivity contribution in [1.82, 2.24) is 0 Å². The second-order valence-corrected chi connectivity index (χ2v) is 10.1. The lowest BCUT2D eigenvalue weighted by Crippen LogP contribution is -2.37. The molecular weight excluding hydrogens is 468 g/mol. The first-order valence-corrected chi connectivity index (χ1v) is 12.9. The van der Waals surface area contributed by atoms with Crippen molar-refractivity contribution in [2.75, 3.05) is 33.8 Å². The van der Waals surface area contributed by atoms with Crippen LogP contribution in [0.25, 0.3) is 10.8 Å². The summed E-state index contributed by atoms with van der Waals surface area (Å²) in [4.78, 5) is 19.0. The van der Waals surface area contributed by atoms with Gasteiger partial charge in [0, 0.05) is 11.3 Å². The van der Waals surface area contributed by atoms with Crippen LogP contribution in [0.1, 0.15) is 59.2 Å². The number of nitrogens with one attached hydrogen (secondary N) is 1. The lowest BCUT2D eigenvalue weighted by atomic mass is 9.81. The van der Waals surface area contributed by atoms with Gasteiger partial charge in [-0.3, -0.25) is 9.79 Å². The van der Waals surface area contributed by atoms with Crippen LogP contribution in [0.4, 0.5) is 5.69 Å². The van der Waals surface area contributed by atoms with Crippen molar-refractivity contribution < 1.29 is 23.7 Å². The van der Waals surface area contributed by atoms with E-state index in [1.54, 1.807) is 28.4 Å². The number of hydrogen-bond donors (Lipinski definition) is 1. The highest BCUT2D eigenvalue weighted by Gasteiger charge is 2.44. The van der Waals surface area contributed by atoms with Crippen LogP contribution in [0.15, 0.2) is 35.3 Å². The summed E-state index contributed by atoms with van der Waals surface area (Å²) in [5.41, 5.74) is 4.64. The predicted molar refractivity (Wildman–Crippen MR) is 144 cm³/mol. The lowest BCUT2D eigenvalue weighted by molar-refractivity contribution is 0.105. The fourth-order valence-corrected chi connectivity index (χ4v) is 6.43. The first kappa shape index (κ1) is 23.6. The number of nitrogens with zero attached hydrogens (tertiary/aromatic N) is 1. The zero-order valence-corrected chi connectivity index (χ0v) is 21.8. The van der Waals surface area contributed by atoms with Crippen molar-refractivity contribution in [1.29, 1.82) is 0 Å². The number of amidine groups is 1. The fourth-order valence-electron chi connectivity index (χ4n) is 6.43. The number of hydrogen-bond acceptors (Lipinski definition) is 7. The van der Waals surface area contributed by atoms with Gasteiger partial charge in [-0.15, -0.1) is 0 Å². The Kier molecular flexibility index (Phi) is 5.74. The zero-order valence-electron chi connectivity index (χ0n) is 21.8. The van der Waals surface area contributed by atoms with E-state index in [2.05, 4.69) is 17.4 Å². The number of Topliss-reactive ketones (excluding diaryl/α,β-unsaturated/α-hetero) is 1. The first-order chi connectivity index (χ1) is 18.0. The molecular formula is C30H32N2O5. The van der Waals surface area contributed by atoms with Crippen LogP contribution in [-0.2, 0) is 18.4 Å². The molecule has 0 unspecified atom stereocenters. The van der Waals surface area contributed by atoms with Crippen LogP contribution < -0.4 is 24.3 Å². The SMILES string of the molecule is COc1cc2c(cc1OC)C1(CCCC1)N=C(Nc1cc3cc(OC)c(OC)cc3c3c1CCC3)C2=O. The molecule has 1 fully saturated rings. The van der Waals surface area contributed by atoms with E-state index in [0.717, 1.165) is 67.3 Å². The second-order valence-electron chi connectivity index (χ2n) is 10.1. The summed E-state index contributed by atoms with van der Waals surface area (Å²) >= 11 is 0. The Morgan fingerprint density at radius 2 is 1.38 bits per heavy atom. The van der Waals surface area contributed by atoms with Crippen LogP contribution >= 0.6 is 0 Å². The molecule has 0 radical (unpaired) electrons. The third-order valence-corrected chi connectivity index (χ3v) is 8.22. The van der Waals surface area contributed by atoms with Crippen molar-refractivity contribution in [2.45, 2.75) is 50.5 Å². The number of aliphatic imine (C=N–C) groups is 1. The van der Waals surface area contributed by atoms with Gasteiger partial charge in [-0.05, 0) is 89.9 Å². The van der Waals surface area contributed by atoms with Gasteiger partial charge in [-0.1, -0.05) is 12.8 Å². The van der Waals surface area contributed by atoms with Gasteiger partial charge in [0.25, 0.3) is 0 Å². The molecule has 0 amide bonds. The highest BCUT2D eigenvalue weighted by Crippen LogP contribution is 2.49. The van der Waals surface area contributed by atoms with Gasteiger partial charge >= 0.3 is 0 Å². The minimum atomic E-state index is -0.429. The molecule has 3 aromatic carbocycles. The van der Waals surface area contributed by atoms with E-state index < -0.39 is 5.54 Å². The van der Waals surface area contributed by atoms with Gasteiger partial charge < -0.3 is 24.3 Å². The number of ether oxygens (including phenoxy) is 4. The van der Waals surface area contributed by atoms with Crippen LogP contribution in [-0.4, -0.2) is 40.1 Å². The summed E-state index contributed by atoms with van der Waals surface area (Å²) in [5, 5.41) is 5.72. The number of benzene rings is 3. The molecule has 0 aromatic heterocycles. The maximum Gasteiger partial charge on any atom is 0.228 e. The topological polar surface area (TPSA) is 78.4 Å². The normalized spacial score (nSPS) is 17.4. The molecule has 1 N–H and O–H groups in total. The van der Waals surface area contributed by atoms with Crippen molar-refractivity contribution in [2.24, 2.45) is 4.99 Å². The summed E-state index contributed by atoms with van der Waals surface area (Å²) in [6, 6.07) is 9.95. The Bertz CT molecular complexity index is 1450. The minimum absolute atomic E-state index is 0.118. The first-order valence-electron chi connectivity index (χ1n) is 12.9. The fraction of sp³-hybridized carbons (Fsp3) is 0.400. The molecule has 2 aliphatic carbocycles. The van der Waals surface area contributed by atoms with Gasteiger partial charge in [0.15, 0.2) is 28.8 Å². The van der Waals surface area contributed by atoms with Gasteiger partial charge in [0.05, 0.1) is 34.0 Å². The summed E-state index contributed by atoms with van der Waals surface area (Å²) in [6.45, 7) is 0. The molecule has 37 heavy (non-hydrogen) atoms. The standard InChI is InChI=1S/C30H32N2O5/c1-34-24-13-17-12-23(19-9-7-8-18(19)20(17)14-25(24)35-2)31-29-28(33)21-15-26(36-3)27(37-4)16-22(21)30(32-29)10-5-6-11-30/h12-16H,5-11H2,1-4H3,(H,31,32). The Morgan fingerprint density at radius 1 is 0.757 bits per heavy atom. The molecule has 0 saturated heterocycles. The molecule has 3 aromatic rings. The monoisotopic (exact) mass is 500 g/mol. The van der Waals surface area contributed by atoms with Crippen molar-refractivity contribution >= 4 is 28.1 Å². The summed E-state index contributed by atoms with van der Waals surface area (Å²) in [6.07, 6.45) is 6.97. The Balaban J connectivity index is 1.48. The van der Waals surface area contributed by atoms with Crippen molar-refractivity contribution in [3.05, 3.63) is 52.6 Å². The maximum atomic E-state index is 13.9. The van der Waals surface area contributed by atoms with E-state index in [9.17, 15) is 4.79 Å². The van der Waals surface area contributed by atoms with Gasteiger partial charge in [0.2, 0.25) is 5.78 Å². The highest BCUT2D eigenvalue weighted by atomic mass is 16.5. The molecule has 1 aliphatic heterocycles. The van der Waals surface area contributed by atoms with Crippen molar-refractivity contribution in [3.63, 3.8) is 0 Å². The third kappa shape index (κ3) is 3.63. The quantitative estimate of drug-likeness (QED) is 0.474. The van der Waals surface area contributed by atoms with Gasteiger partial charge in [-0.25, -0.2) is 0 Å². The number of ketones is 1. The van der Waals surface area contributed by atoms with E-state index in [4.69, 9.17) is 23.9 Å². The minimum Gasteiger partial charge on any atom is -0.493 e. The van der Waals surface area contributed by atoms with Crippen LogP contribution in [0, 0.1) is 0 Å². The van der Waals surface area contributed by atoms with E-state index >= 15 is 0 Å². The molecule has 1 saturated carbocycles. The number of carbonyl (C=O) groups is 1. The number of methoxy groups -OCH3 is 4. The van der Waals surface area contributed by atoms with E-state index in [0.29, 0.717) is 28.6 Å².